The van der Waals surface area contributed by atoms with Crippen molar-refractivity contribution in [3.05, 3.63) is 23.8 Å². The number of hydrogen-bond donors (Lipinski definition) is 1. The second-order valence-corrected chi connectivity index (χ2v) is 6.93. The number of rotatable bonds is 1. The number of fused-ring (bicyclic) bond motifs is 1. The molecule has 2 heterocycles. The van der Waals surface area contributed by atoms with E-state index in [1.54, 1.807) is 0 Å². The number of aliphatic hydroxyl groups excluding tert-OH is 1. The Morgan fingerprint density at radius 3 is 2.87 bits per heavy atom. The van der Waals surface area contributed by atoms with Crippen LogP contribution in [0.3, 0.4) is 0 Å². The number of carbonyl (C=O) groups is 1. The van der Waals surface area contributed by atoms with E-state index in [4.69, 9.17) is 9.47 Å². The second-order valence-electron chi connectivity index (χ2n) is 6.93. The Labute approximate surface area is 136 Å². The van der Waals surface area contributed by atoms with Crippen LogP contribution in [0.5, 0.6) is 11.5 Å². The van der Waals surface area contributed by atoms with Crippen molar-refractivity contribution in [2.75, 3.05) is 26.3 Å². The lowest BCUT2D eigenvalue weighted by molar-refractivity contribution is -0.00554. The summed E-state index contributed by atoms with van der Waals surface area (Å²) >= 11 is 0. The minimum absolute atomic E-state index is 0.00877. The van der Waals surface area contributed by atoms with E-state index in [1.807, 2.05) is 23.1 Å². The Kier molecular flexibility index (Phi) is 3.68. The van der Waals surface area contributed by atoms with Gasteiger partial charge in [-0.15, -0.1) is 0 Å². The molecule has 1 saturated carbocycles. The highest BCUT2D eigenvalue weighted by Gasteiger charge is 2.46. The summed E-state index contributed by atoms with van der Waals surface area (Å²) in [5, 5.41) is 10.4. The van der Waals surface area contributed by atoms with Crippen molar-refractivity contribution in [2.24, 2.45) is 5.41 Å². The highest BCUT2D eigenvalue weighted by molar-refractivity contribution is 5.98. The maximum absolute atomic E-state index is 13.0. The number of piperidine rings is 1. The molecule has 0 bridgehead atoms. The van der Waals surface area contributed by atoms with Gasteiger partial charge < -0.3 is 19.5 Å². The summed E-state index contributed by atoms with van der Waals surface area (Å²) in [7, 11) is 0. The largest absolute Gasteiger partial charge is 0.486 e. The van der Waals surface area contributed by atoms with E-state index in [0.717, 1.165) is 38.6 Å². The van der Waals surface area contributed by atoms with Crippen molar-refractivity contribution in [1.82, 2.24) is 4.90 Å². The van der Waals surface area contributed by atoms with Crippen LogP contribution in [0.2, 0.25) is 0 Å². The van der Waals surface area contributed by atoms with E-state index in [0.29, 0.717) is 36.8 Å². The molecule has 2 fully saturated rings. The van der Waals surface area contributed by atoms with Crippen LogP contribution in [0.4, 0.5) is 0 Å². The van der Waals surface area contributed by atoms with Gasteiger partial charge >= 0.3 is 0 Å². The van der Waals surface area contributed by atoms with E-state index in [2.05, 4.69) is 0 Å². The predicted octanol–water partition coefficient (Wildman–Crippen LogP) is 2.22. The van der Waals surface area contributed by atoms with Crippen molar-refractivity contribution in [1.29, 1.82) is 0 Å². The van der Waals surface area contributed by atoms with E-state index < -0.39 is 0 Å². The molecule has 1 amide bonds. The number of benzene rings is 1. The monoisotopic (exact) mass is 317 g/mol. The van der Waals surface area contributed by atoms with Crippen molar-refractivity contribution >= 4 is 5.91 Å². The fourth-order valence-electron chi connectivity index (χ4n) is 4.34. The molecule has 1 saturated heterocycles. The topological polar surface area (TPSA) is 59.0 Å². The van der Waals surface area contributed by atoms with Crippen LogP contribution in [0.1, 0.15) is 42.5 Å². The van der Waals surface area contributed by atoms with Gasteiger partial charge in [-0.05, 0) is 37.8 Å². The summed E-state index contributed by atoms with van der Waals surface area (Å²) in [5.74, 6) is 1.20. The molecular formula is C18H23NO4. The molecule has 0 aromatic heterocycles. The fraction of sp³-hybridized carbons (Fsp3) is 0.611. The summed E-state index contributed by atoms with van der Waals surface area (Å²) < 4.78 is 11.3. The standard InChI is InChI=1S/C18H23NO4/c20-15-6-2-7-18(15)8-3-9-19(12-18)17(21)13-4-1-5-14-16(13)23-11-10-22-14/h1,4-5,15,20H,2-3,6-12H2/t15-,18-/m1/s1. The summed E-state index contributed by atoms with van der Waals surface area (Å²) in [4.78, 5) is 14.9. The van der Waals surface area contributed by atoms with E-state index in [9.17, 15) is 9.90 Å². The molecule has 0 radical (unpaired) electrons. The van der Waals surface area contributed by atoms with Gasteiger partial charge in [-0.1, -0.05) is 12.5 Å². The van der Waals surface area contributed by atoms with Crippen LogP contribution in [-0.2, 0) is 0 Å². The zero-order valence-corrected chi connectivity index (χ0v) is 13.3. The van der Waals surface area contributed by atoms with Crippen molar-refractivity contribution < 1.29 is 19.4 Å². The Morgan fingerprint density at radius 2 is 2.04 bits per heavy atom. The second kappa shape index (κ2) is 5.71. The smallest absolute Gasteiger partial charge is 0.257 e. The fourth-order valence-corrected chi connectivity index (χ4v) is 4.34. The van der Waals surface area contributed by atoms with Crippen molar-refractivity contribution in [2.45, 2.75) is 38.2 Å². The van der Waals surface area contributed by atoms with E-state index in [1.165, 1.54) is 0 Å². The number of amides is 1. The lowest BCUT2D eigenvalue weighted by Gasteiger charge is -2.42. The molecular weight excluding hydrogens is 294 g/mol. The molecule has 2 aliphatic heterocycles. The number of aliphatic hydroxyl groups is 1. The molecule has 1 spiro atoms. The Balaban J connectivity index is 1.60. The number of para-hydroxylation sites is 1. The van der Waals surface area contributed by atoms with E-state index >= 15 is 0 Å². The maximum Gasteiger partial charge on any atom is 0.257 e. The molecule has 3 aliphatic rings. The van der Waals surface area contributed by atoms with Gasteiger partial charge in [-0.3, -0.25) is 4.79 Å². The zero-order chi connectivity index (χ0) is 15.9. The Morgan fingerprint density at radius 1 is 1.22 bits per heavy atom. The van der Waals surface area contributed by atoms with Gasteiger partial charge in [0, 0.05) is 18.5 Å². The molecule has 124 valence electrons. The lowest BCUT2D eigenvalue weighted by atomic mass is 9.76. The Bertz CT molecular complexity index is 617. The molecule has 1 N–H and O–H groups in total. The van der Waals surface area contributed by atoms with Gasteiger partial charge in [-0.2, -0.15) is 0 Å². The van der Waals surface area contributed by atoms with Gasteiger partial charge in [-0.25, -0.2) is 0 Å². The molecule has 2 atom stereocenters. The first-order valence-electron chi connectivity index (χ1n) is 8.56. The third kappa shape index (κ3) is 2.47. The number of ether oxygens (including phenoxy) is 2. The van der Waals surface area contributed by atoms with Crippen LogP contribution >= 0.6 is 0 Å². The average molecular weight is 317 g/mol. The van der Waals surface area contributed by atoms with Crippen LogP contribution < -0.4 is 9.47 Å². The van der Waals surface area contributed by atoms with Crippen molar-refractivity contribution in [3.8, 4) is 11.5 Å². The molecule has 1 aromatic rings. The normalized spacial score (nSPS) is 29.8. The van der Waals surface area contributed by atoms with Crippen LogP contribution in [0.25, 0.3) is 0 Å². The number of carbonyl (C=O) groups excluding carboxylic acids is 1. The highest BCUT2D eigenvalue weighted by atomic mass is 16.6. The van der Waals surface area contributed by atoms with Crippen LogP contribution in [-0.4, -0.2) is 48.3 Å². The van der Waals surface area contributed by atoms with Crippen molar-refractivity contribution in [3.63, 3.8) is 0 Å². The van der Waals surface area contributed by atoms with Gasteiger partial charge in [0.2, 0.25) is 0 Å². The predicted molar refractivity (Wildman–Crippen MR) is 84.9 cm³/mol. The average Bonchev–Trinajstić information content (AvgIpc) is 2.93. The summed E-state index contributed by atoms with van der Waals surface area (Å²) in [6.07, 6.45) is 4.63. The number of nitrogens with zero attached hydrogens (tertiary/aromatic N) is 1. The third-order valence-electron chi connectivity index (χ3n) is 5.55. The SMILES string of the molecule is O=C(c1cccc2c1OCCO2)N1CCC[C@]2(CCC[C@H]2O)C1. The number of likely N-dealkylation sites (tertiary alicyclic amines) is 1. The minimum atomic E-state index is -0.276. The first kappa shape index (κ1) is 14.8. The molecule has 4 rings (SSSR count). The van der Waals surface area contributed by atoms with Gasteiger partial charge in [0.05, 0.1) is 11.7 Å². The minimum Gasteiger partial charge on any atom is -0.486 e. The Hall–Kier alpha value is -1.75. The van der Waals surface area contributed by atoms with E-state index in [-0.39, 0.29) is 17.4 Å². The summed E-state index contributed by atoms with van der Waals surface area (Å²) in [6, 6.07) is 5.48. The highest BCUT2D eigenvalue weighted by Crippen LogP contribution is 2.45. The molecule has 5 heteroatoms. The van der Waals surface area contributed by atoms with Gasteiger partial charge in [0.15, 0.2) is 11.5 Å². The zero-order valence-electron chi connectivity index (χ0n) is 13.3. The molecule has 0 unspecified atom stereocenters. The molecule has 1 aromatic carbocycles. The quantitative estimate of drug-likeness (QED) is 0.863. The van der Waals surface area contributed by atoms with Crippen LogP contribution in [0, 0.1) is 5.41 Å². The van der Waals surface area contributed by atoms with Gasteiger partial charge in [0.1, 0.15) is 13.2 Å². The van der Waals surface area contributed by atoms with Crippen LogP contribution in [0.15, 0.2) is 18.2 Å². The molecule has 5 nitrogen and oxygen atoms in total. The lowest BCUT2D eigenvalue weighted by Crippen LogP contribution is -2.49. The van der Waals surface area contributed by atoms with Gasteiger partial charge in [0.25, 0.3) is 5.91 Å². The molecule has 1 aliphatic carbocycles. The third-order valence-corrected chi connectivity index (χ3v) is 5.55. The first-order chi connectivity index (χ1) is 11.2. The first-order valence-corrected chi connectivity index (χ1v) is 8.56. The summed E-state index contributed by atoms with van der Waals surface area (Å²) in [6.45, 7) is 2.39. The summed E-state index contributed by atoms with van der Waals surface area (Å²) in [5.41, 5.74) is 0.479. The maximum atomic E-state index is 13.0. The number of hydrogen-bond acceptors (Lipinski definition) is 4. The molecule has 23 heavy (non-hydrogen) atoms.